The van der Waals surface area contributed by atoms with Gasteiger partial charge in [-0.1, -0.05) is 66.7 Å². The number of hydrogen-bond donors (Lipinski definition) is 2. The third kappa shape index (κ3) is 4.24. The molecule has 0 bridgehead atoms. The van der Waals surface area contributed by atoms with Crippen molar-refractivity contribution in [3.8, 4) is 0 Å². The molecule has 0 radical (unpaired) electrons. The molecule has 0 unspecified atom stereocenters. The molecule has 5 rings (SSSR count). The number of rotatable bonds is 6. The minimum absolute atomic E-state index is 0.0122. The van der Waals surface area contributed by atoms with Gasteiger partial charge in [0.05, 0.1) is 0 Å². The number of carbonyl (C=O) groups is 2. The fourth-order valence-electron chi connectivity index (χ4n) is 4.40. The molecule has 2 saturated carbocycles. The fraction of sp³-hybridized carbons (Fsp3) is 0.259. The number of benzene rings is 3. The van der Waals surface area contributed by atoms with E-state index < -0.39 is 0 Å². The Morgan fingerprint density at radius 2 is 1.23 bits per heavy atom. The number of hydrogen-bond acceptors (Lipinski definition) is 2. The van der Waals surface area contributed by atoms with Crippen LogP contribution in [0.25, 0.3) is 0 Å². The maximum absolute atomic E-state index is 12.8. The van der Waals surface area contributed by atoms with E-state index in [1.807, 2.05) is 61.5 Å². The van der Waals surface area contributed by atoms with E-state index >= 15 is 0 Å². The Morgan fingerprint density at radius 3 is 1.77 bits per heavy atom. The van der Waals surface area contributed by atoms with Crippen molar-refractivity contribution < 1.29 is 9.59 Å². The Hall–Kier alpha value is -3.40. The van der Waals surface area contributed by atoms with E-state index in [9.17, 15) is 9.59 Å². The van der Waals surface area contributed by atoms with Gasteiger partial charge in [-0.2, -0.15) is 0 Å². The van der Waals surface area contributed by atoms with Gasteiger partial charge >= 0.3 is 0 Å². The molecule has 0 aliphatic heterocycles. The van der Waals surface area contributed by atoms with Crippen LogP contribution in [0.15, 0.2) is 78.9 Å². The normalized spacial score (nSPS) is 23.6. The molecule has 4 atom stereocenters. The Kier molecular flexibility index (Phi) is 5.06. The van der Waals surface area contributed by atoms with Gasteiger partial charge in [-0.3, -0.25) is 9.59 Å². The maximum Gasteiger partial charge on any atom is 0.228 e. The van der Waals surface area contributed by atoms with Crippen LogP contribution in [-0.4, -0.2) is 11.8 Å². The lowest BCUT2D eigenvalue weighted by molar-refractivity contribution is -0.118. The Balaban J connectivity index is 1.21. The lowest BCUT2D eigenvalue weighted by Crippen LogP contribution is -2.17. The van der Waals surface area contributed by atoms with Crippen LogP contribution in [0.2, 0.25) is 0 Å². The molecule has 0 saturated heterocycles. The SMILES string of the molecule is Cc1ccc(NC(=O)[C@@H]2C[C@@H]2c2ccccc2)cc1NC(=O)[C@H]1C[C@H]1c1ccccc1. The minimum Gasteiger partial charge on any atom is -0.326 e. The summed E-state index contributed by atoms with van der Waals surface area (Å²) in [5, 5.41) is 6.11. The molecule has 2 aliphatic carbocycles. The summed E-state index contributed by atoms with van der Waals surface area (Å²) < 4.78 is 0. The first kappa shape index (κ1) is 19.6. The van der Waals surface area contributed by atoms with Crippen molar-refractivity contribution in [3.05, 3.63) is 95.6 Å². The number of aryl methyl sites for hydroxylation is 1. The fourth-order valence-corrected chi connectivity index (χ4v) is 4.40. The summed E-state index contributed by atoms with van der Waals surface area (Å²) in [7, 11) is 0. The van der Waals surface area contributed by atoms with Crippen LogP contribution in [0, 0.1) is 18.8 Å². The molecule has 2 amide bonds. The highest BCUT2D eigenvalue weighted by Gasteiger charge is 2.44. The van der Waals surface area contributed by atoms with Gasteiger partial charge in [0, 0.05) is 23.2 Å². The van der Waals surface area contributed by atoms with Gasteiger partial charge in [-0.15, -0.1) is 0 Å². The van der Waals surface area contributed by atoms with Crippen LogP contribution in [0.5, 0.6) is 0 Å². The predicted octanol–water partition coefficient (Wildman–Crippen LogP) is 5.48. The maximum atomic E-state index is 12.8. The third-order valence-electron chi connectivity index (χ3n) is 6.47. The van der Waals surface area contributed by atoms with E-state index in [4.69, 9.17) is 0 Å². The summed E-state index contributed by atoms with van der Waals surface area (Å²) in [4.78, 5) is 25.5. The van der Waals surface area contributed by atoms with Crippen LogP contribution in [-0.2, 0) is 9.59 Å². The third-order valence-corrected chi connectivity index (χ3v) is 6.47. The summed E-state index contributed by atoms with van der Waals surface area (Å²) in [5.41, 5.74) is 4.91. The van der Waals surface area contributed by atoms with Crippen molar-refractivity contribution in [2.75, 3.05) is 10.6 Å². The van der Waals surface area contributed by atoms with Crippen molar-refractivity contribution in [2.24, 2.45) is 11.8 Å². The molecule has 156 valence electrons. The van der Waals surface area contributed by atoms with Crippen LogP contribution in [0.4, 0.5) is 11.4 Å². The number of amides is 2. The lowest BCUT2D eigenvalue weighted by Gasteiger charge is -2.12. The van der Waals surface area contributed by atoms with Crippen molar-refractivity contribution >= 4 is 23.2 Å². The summed E-state index contributed by atoms with van der Waals surface area (Å²) in [5.74, 6) is 0.718. The molecule has 0 aromatic heterocycles. The van der Waals surface area contributed by atoms with E-state index in [-0.39, 0.29) is 23.7 Å². The predicted molar refractivity (Wildman–Crippen MR) is 123 cm³/mol. The molecule has 3 aromatic rings. The highest BCUT2D eigenvalue weighted by atomic mass is 16.2. The molecule has 2 aliphatic rings. The van der Waals surface area contributed by atoms with Gasteiger partial charge in [0.2, 0.25) is 11.8 Å². The minimum atomic E-state index is 0.0122. The van der Waals surface area contributed by atoms with Gasteiger partial charge in [-0.25, -0.2) is 0 Å². The molecule has 4 heteroatoms. The number of anilines is 2. The zero-order valence-corrected chi connectivity index (χ0v) is 17.5. The van der Waals surface area contributed by atoms with Crippen LogP contribution < -0.4 is 10.6 Å². The number of carbonyl (C=O) groups excluding carboxylic acids is 2. The molecular weight excluding hydrogens is 384 g/mol. The first-order chi connectivity index (χ1) is 15.1. The number of nitrogens with one attached hydrogen (secondary N) is 2. The Bertz CT molecular complexity index is 1110. The highest BCUT2D eigenvalue weighted by molar-refractivity contribution is 5.98. The van der Waals surface area contributed by atoms with Crippen LogP contribution in [0.1, 0.15) is 41.4 Å². The van der Waals surface area contributed by atoms with E-state index in [1.54, 1.807) is 0 Å². The second-order valence-corrected chi connectivity index (χ2v) is 8.73. The molecule has 0 heterocycles. The van der Waals surface area contributed by atoms with E-state index in [0.717, 1.165) is 29.8 Å². The molecular formula is C27H26N2O2. The van der Waals surface area contributed by atoms with Gasteiger partial charge in [-0.05, 0) is 60.4 Å². The largest absolute Gasteiger partial charge is 0.326 e. The van der Waals surface area contributed by atoms with Gasteiger partial charge in [0.15, 0.2) is 0 Å². The standard InChI is InChI=1S/C27H26N2O2/c1-17-12-13-20(28-26(30)23-15-21(23)18-8-4-2-5-9-18)14-25(17)29-27(31)24-16-22(24)19-10-6-3-7-11-19/h2-14,21-24H,15-16H2,1H3,(H,28,30)(H,29,31)/t21-,22+,23-,24+/m1/s1. The van der Waals surface area contributed by atoms with Gasteiger partial charge in [0.1, 0.15) is 0 Å². The monoisotopic (exact) mass is 410 g/mol. The Labute approximate surface area is 182 Å². The second kappa shape index (κ2) is 8.03. The van der Waals surface area contributed by atoms with E-state index in [0.29, 0.717) is 11.8 Å². The van der Waals surface area contributed by atoms with E-state index in [2.05, 4.69) is 34.9 Å². The van der Waals surface area contributed by atoms with Gasteiger partial charge in [0.25, 0.3) is 0 Å². The summed E-state index contributed by atoms with van der Waals surface area (Å²) >= 11 is 0. The molecule has 31 heavy (non-hydrogen) atoms. The first-order valence-corrected chi connectivity index (χ1v) is 10.9. The zero-order chi connectivity index (χ0) is 21.4. The van der Waals surface area contributed by atoms with Crippen LogP contribution in [0.3, 0.4) is 0 Å². The summed E-state index contributed by atoms with van der Waals surface area (Å²) in [6.07, 6.45) is 1.77. The molecule has 2 fully saturated rings. The first-order valence-electron chi connectivity index (χ1n) is 10.9. The van der Waals surface area contributed by atoms with Crippen LogP contribution >= 0.6 is 0 Å². The molecule has 4 nitrogen and oxygen atoms in total. The van der Waals surface area contributed by atoms with Gasteiger partial charge < -0.3 is 10.6 Å². The van der Waals surface area contributed by atoms with E-state index in [1.165, 1.54) is 11.1 Å². The second-order valence-electron chi connectivity index (χ2n) is 8.73. The lowest BCUT2D eigenvalue weighted by atomic mass is 10.1. The highest BCUT2D eigenvalue weighted by Crippen LogP contribution is 2.49. The average molecular weight is 411 g/mol. The topological polar surface area (TPSA) is 58.2 Å². The summed E-state index contributed by atoms with van der Waals surface area (Å²) in [6.45, 7) is 1.97. The molecule has 2 N–H and O–H groups in total. The van der Waals surface area contributed by atoms with Crippen molar-refractivity contribution in [1.82, 2.24) is 0 Å². The molecule has 0 spiro atoms. The summed E-state index contributed by atoms with van der Waals surface area (Å²) in [6, 6.07) is 26.1. The molecule has 3 aromatic carbocycles. The zero-order valence-electron chi connectivity index (χ0n) is 17.5. The Morgan fingerprint density at radius 1 is 0.710 bits per heavy atom. The quantitative estimate of drug-likeness (QED) is 0.565. The average Bonchev–Trinajstić information content (AvgIpc) is 3.70. The van der Waals surface area contributed by atoms with Crippen molar-refractivity contribution in [1.29, 1.82) is 0 Å². The van der Waals surface area contributed by atoms with Crippen molar-refractivity contribution in [2.45, 2.75) is 31.6 Å². The smallest absolute Gasteiger partial charge is 0.228 e. The van der Waals surface area contributed by atoms with Crippen molar-refractivity contribution in [3.63, 3.8) is 0 Å².